The Morgan fingerprint density at radius 3 is 2.59 bits per heavy atom. The van der Waals surface area contributed by atoms with Crippen LogP contribution >= 0.6 is 0 Å². The zero-order valence-corrected chi connectivity index (χ0v) is 10.6. The fourth-order valence-corrected chi connectivity index (χ4v) is 1.65. The summed E-state index contributed by atoms with van der Waals surface area (Å²) < 4.78 is 5.59. The van der Waals surface area contributed by atoms with Gasteiger partial charge >= 0.3 is 0 Å². The van der Waals surface area contributed by atoms with Gasteiger partial charge < -0.3 is 4.74 Å². The number of benzene rings is 1. The molecule has 0 aliphatic carbocycles. The average Bonchev–Trinajstić information content (AvgIpc) is 2.41. The van der Waals surface area contributed by atoms with Crippen molar-refractivity contribution in [3.05, 3.63) is 35.9 Å². The molecule has 3 heteroatoms. The second-order valence-electron chi connectivity index (χ2n) is 4.04. The highest BCUT2D eigenvalue weighted by atomic mass is 16.5. The first-order chi connectivity index (χ1) is 8.29. The van der Waals surface area contributed by atoms with Crippen molar-refractivity contribution in [3.8, 4) is 6.07 Å². The van der Waals surface area contributed by atoms with Crippen LogP contribution in [0.25, 0.3) is 0 Å². The number of likely N-dealkylation sites (N-methyl/N-ethyl adjacent to an activating group) is 1. The van der Waals surface area contributed by atoms with Crippen LogP contribution in [-0.4, -0.2) is 20.3 Å². The normalized spacial score (nSPS) is 13.9. The maximum absolute atomic E-state index is 9.39. The van der Waals surface area contributed by atoms with E-state index in [0.717, 1.165) is 18.4 Å². The molecule has 3 nitrogen and oxygen atoms in total. The van der Waals surface area contributed by atoms with E-state index >= 15 is 0 Å². The van der Waals surface area contributed by atoms with Gasteiger partial charge in [0.25, 0.3) is 0 Å². The van der Waals surface area contributed by atoms with Crippen LogP contribution in [0.15, 0.2) is 30.3 Å². The molecule has 0 heterocycles. The molecule has 1 unspecified atom stereocenters. The molecule has 1 rings (SSSR count). The lowest BCUT2D eigenvalue weighted by molar-refractivity contribution is 0.0894. The van der Waals surface area contributed by atoms with Crippen molar-refractivity contribution in [3.63, 3.8) is 0 Å². The lowest BCUT2D eigenvalue weighted by Gasteiger charge is -2.26. The zero-order chi connectivity index (χ0) is 12.6. The minimum atomic E-state index is -0.741. The number of nitrogens with zero attached hydrogens (tertiary/aromatic N) is 1. The molecule has 0 radical (unpaired) electrons. The van der Waals surface area contributed by atoms with Crippen molar-refractivity contribution in [2.45, 2.75) is 25.3 Å². The van der Waals surface area contributed by atoms with Gasteiger partial charge in [-0.15, -0.1) is 0 Å². The average molecular weight is 232 g/mol. The molecule has 0 spiro atoms. The van der Waals surface area contributed by atoms with Gasteiger partial charge in [-0.3, -0.25) is 5.32 Å². The van der Waals surface area contributed by atoms with Gasteiger partial charge in [-0.05, 0) is 19.0 Å². The summed E-state index contributed by atoms with van der Waals surface area (Å²) in [5.74, 6) is 0. The van der Waals surface area contributed by atoms with Gasteiger partial charge in [-0.1, -0.05) is 43.7 Å². The van der Waals surface area contributed by atoms with Crippen molar-refractivity contribution in [1.82, 2.24) is 5.32 Å². The lowest BCUT2D eigenvalue weighted by Crippen LogP contribution is -2.43. The van der Waals surface area contributed by atoms with Crippen LogP contribution in [0, 0.1) is 11.3 Å². The molecule has 0 aromatic heterocycles. The van der Waals surface area contributed by atoms with Gasteiger partial charge in [0.1, 0.15) is 0 Å². The number of nitrogens with one attached hydrogen (secondary N) is 1. The van der Waals surface area contributed by atoms with E-state index in [9.17, 15) is 5.26 Å². The van der Waals surface area contributed by atoms with E-state index in [4.69, 9.17) is 4.74 Å². The first-order valence-corrected chi connectivity index (χ1v) is 6.02. The Labute approximate surface area is 103 Å². The fraction of sp³-hybridized carbons (Fsp3) is 0.500. The Morgan fingerprint density at radius 2 is 2.06 bits per heavy atom. The Kier molecular flexibility index (Phi) is 5.68. The van der Waals surface area contributed by atoms with Crippen LogP contribution in [0.5, 0.6) is 0 Å². The molecular weight excluding hydrogens is 212 g/mol. The van der Waals surface area contributed by atoms with Crippen molar-refractivity contribution in [1.29, 1.82) is 5.26 Å². The van der Waals surface area contributed by atoms with Crippen LogP contribution in [0.2, 0.25) is 0 Å². The van der Waals surface area contributed by atoms with Crippen LogP contribution in [0.4, 0.5) is 0 Å². The highest BCUT2D eigenvalue weighted by Gasteiger charge is 2.30. The van der Waals surface area contributed by atoms with Crippen molar-refractivity contribution < 1.29 is 4.74 Å². The quantitative estimate of drug-likeness (QED) is 0.734. The molecule has 0 saturated carbocycles. The summed E-state index contributed by atoms with van der Waals surface area (Å²) in [5.41, 5.74) is 0.205. The Balaban J connectivity index is 2.73. The molecule has 0 saturated heterocycles. The van der Waals surface area contributed by atoms with Gasteiger partial charge in [-0.25, -0.2) is 0 Å². The number of rotatable bonds is 7. The topological polar surface area (TPSA) is 45.0 Å². The molecular formula is C14H20N2O. The second kappa shape index (κ2) is 7.05. The highest BCUT2D eigenvalue weighted by Crippen LogP contribution is 2.20. The monoisotopic (exact) mass is 232 g/mol. The molecule has 1 aromatic carbocycles. The number of unbranched alkanes of at least 4 members (excludes halogenated alkanes) is 1. The van der Waals surface area contributed by atoms with Crippen LogP contribution in [0.1, 0.15) is 25.3 Å². The minimum absolute atomic E-state index is 0.379. The van der Waals surface area contributed by atoms with E-state index in [1.54, 1.807) is 7.05 Å². The molecule has 1 aromatic rings. The van der Waals surface area contributed by atoms with Crippen molar-refractivity contribution in [2.24, 2.45) is 0 Å². The van der Waals surface area contributed by atoms with Gasteiger partial charge in [-0.2, -0.15) is 5.26 Å². The SMILES string of the molecule is CCCCOCC(C#N)(NC)c1ccccc1. The first-order valence-electron chi connectivity index (χ1n) is 6.02. The van der Waals surface area contributed by atoms with Gasteiger partial charge in [0.05, 0.1) is 12.7 Å². The number of hydrogen-bond donors (Lipinski definition) is 1. The Bertz CT molecular complexity index is 358. The lowest BCUT2D eigenvalue weighted by atomic mass is 9.92. The standard InChI is InChI=1S/C14H20N2O/c1-3-4-10-17-12-14(11-15,16-2)13-8-6-5-7-9-13/h5-9,16H,3-4,10,12H2,1-2H3. The molecule has 92 valence electrons. The van der Waals surface area contributed by atoms with Gasteiger partial charge in [0.2, 0.25) is 0 Å². The van der Waals surface area contributed by atoms with Crippen LogP contribution < -0.4 is 5.32 Å². The summed E-state index contributed by atoms with van der Waals surface area (Å²) >= 11 is 0. The van der Waals surface area contributed by atoms with Crippen LogP contribution in [0.3, 0.4) is 0 Å². The maximum Gasteiger partial charge on any atom is 0.155 e. The van der Waals surface area contributed by atoms with E-state index < -0.39 is 5.54 Å². The molecule has 17 heavy (non-hydrogen) atoms. The van der Waals surface area contributed by atoms with Gasteiger partial charge in [0, 0.05) is 6.61 Å². The molecule has 1 N–H and O–H groups in total. The van der Waals surface area contributed by atoms with Gasteiger partial charge in [0.15, 0.2) is 5.54 Å². The van der Waals surface area contributed by atoms with E-state index in [1.165, 1.54) is 0 Å². The summed E-state index contributed by atoms with van der Waals surface area (Å²) in [4.78, 5) is 0. The summed E-state index contributed by atoms with van der Waals surface area (Å²) in [7, 11) is 1.79. The number of nitriles is 1. The largest absolute Gasteiger partial charge is 0.378 e. The molecule has 1 atom stereocenters. The number of ether oxygens (including phenoxy) is 1. The minimum Gasteiger partial charge on any atom is -0.378 e. The second-order valence-corrected chi connectivity index (χ2v) is 4.04. The van der Waals surface area contributed by atoms with E-state index in [0.29, 0.717) is 13.2 Å². The van der Waals surface area contributed by atoms with Crippen molar-refractivity contribution in [2.75, 3.05) is 20.3 Å². The molecule has 0 aliphatic heterocycles. The number of hydrogen-bond acceptors (Lipinski definition) is 3. The smallest absolute Gasteiger partial charge is 0.155 e. The summed E-state index contributed by atoms with van der Waals surface area (Å²) in [5, 5.41) is 12.5. The third-order valence-corrected chi connectivity index (χ3v) is 2.85. The van der Waals surface area contributed by atoms with E-state index in [2.05, 4.69) is 18.3 Å². The predicted molar refractivity (Wildman–Crippen MR) is 68.5 cm³/mol. The van der Waals surface area contributed by atoms with E-state index in [1.807, 2.05) is 30.3 Å². The summed E-state index contributed by atoms with van der Waals surface area (Å²) in [6, 6.07) is 12.0. The predicted octanol–water partition coefficient (Wildman–Crippen LogP) is 2.44. The molecule has 0 bridgehead atoms. The third-order valence-electron chi connectivity index (χ3n) is 2.85. The third kappa shape index (κ3) is 3.55. The molecule has 0 aliphatic rings. The van der Waals surface area contributed by atoms with Crippen LogP contribution in [-0.2, 0) is 10.3 Å². The fourth-order valence-electron chi connectivity index (χ4n) is 1.65. The molecule has 0 amide bonds. The summed E-state index contributed by atoms with van der Waals surface area (Å²) in [6.07, 6.45) is 2.13. The maximum atomic E-state index is 9.39. The van der Waals surface area contributed by atoms with E-state index in [-0.39, 0.29) is 0 Å². The zero-order valence-electron chi connectivity index (χ0n) is 10.6. The Morgan fingerprint density at radius 1 is 1.35 bits per heavy atom. The van der Waals surface area contributed by atoms with Crippen molar-refractivity contribution >= 4 is 0 Å². The Hall–Kier alpha value is -1.37. The molecule has 0 fully saturated rings. The summed E-state index contributed by atoms with van der Waals surface area (Å²) in [6.45, 7) is 3.20. The highest BCUT2D eigenvalue weighted by molar-refractivity contribution is 5.31. The first kappa shape index (κ1) is 13.7.